The van der Waals surface area contributed by atoms with Gasteiger partial charge in [0, 0.05) is 11.3 Å². The number of pyridine rings is 1. The zero-order valence-corrected chi connectivity index (χ0v) is 20.5. The van der Waals surface area contributed by atoms with Crippen molar-refractivity contribution in [3.63, 3.8) is 0 Å². The summed E-state index contributed by atoms with van der Waals surface area (Å²) in [4.78, 5) is 42.0. The fourth-order valence-electron chi connectivity index (χ4n) is 3.08. The van der Waals surface area contributed by atoms with Gasteiger partial charge in [-0.15, -0.1) is 23.2 Å². The zero-order chi connectivity index (χ0) is 25.8. The van der Waals surface area contributed by atoms with Crippen LogP contribution in [0.3, 0.4) is 0 Å². The molecule has 0 saturated carbocycles. The summed E-state index contributed by atoms with van der Waals surface area (Å²) in [7, 11) is 0. The van der Waals surface area contributed by atoms with Gasteiger partial charge in [-0.25, -0.2) is 4.98 Å². The minimum atomic E-state index is -0.509. The number of halogens is 2. The van der Waals surface area contributed by atoms with E-state index in [1.54, 1.807) is 78.9 Å². The molecule has 9 heteroatoms. The molecule has 0 saturated heterocycles. The minimum Gasteiger partial charge on any atom is -0.321 e. The molecule has 1 heterocycles. The summed E-state index contributed by atoms with van der Waals surface area (Å²) in [6.45, 7) is 0. The molecule has 0 aliphatic heterocycles. The Hall–Kier alpha value is -4.20. The summed E-state index contributed by atoms with van der Waals surface area (Å²) in [5.41, 5.74) is 2.15. The SMILES string of the molecule is ClCCl.O=C(Nc1ccccc1NC(=O)c1cccc(C(=O)Nc2ccccc2)n1)c1ccccc1. The number of anilines is 3. The van der Waals surface area contributed by atoms with Crippen LogP contribution in [0.25, 0.3) is 0 Å². The van der Waals surface area contributed by atoms with Gasteiger partial charge in [-0.1, -0.05) is 54.6 Å². The van der Waals surface area contributed by atoms with Crippen LogP contribution in [0.1, 0.15) is 31.3 Å². The molecule has 36 heavy (non-hydrogen) atoms. The standard InChI is InChI=1S/C26H20N4O3.CH2Cl2/c31-24(18-10-3-1-4-11-18)29-20-14-7-8-15-21(20)30-26(33)23-17-9-16-22(28-23)25(32)27-19-12-5-2-6-13-19;2-1-3/h1-17H,(H,27,32)(H,29,31)(H,30,33);1H2. The lowest BCUT2D eigenvalue weighted by Crippen LogP contribution is -2.19. The number of rotatable bonds is 6. The molecular formula is C27H22Cl2N4O3. The number of aromatic nitrogens is 1. The molecule has 0 aliphatic rings. The number of para-hydroxylation sites is 3. The molecule has 3 amide bonds. The van der Waals surface area contributed by atoms with Gasteiger partial charge >= 0.3 is 0 Å². The molecule has 7 nitrogen and oxygen atoms in total. The number of alkyl halides is 2. The minimum absolute atomic E-state index is 0.0694. The van der Waals surface area contributed by atoms with Crippen molar-refractivity contribution in [3.8, 4) is 0 Å². The molecule has 0 aliphatic carbocycles. The van der Waals surface area contributed by atoms with Crippen molar-refractivity contribution < 1.29 is 14.4 Å². The maximum Gasteiger partial charge on any atom is 0.274 e. The van der Waals surface area contributed by atoms with Crippen molar-refractivity contribution in [2.45, 2.75) is 0 Å². The lowest BCUT2D eigenvalue weighted by Gasteiger charge is -2.12. The van der Waals surface area contributed by atoms with Crippen LogP contribution >= 0.6 is 23.2 Å². The number of amides is 3. The molecule has 0 fully saturated rings. The summed E-state index contributed by atoms with van der Waals surface area (Å²) in [6, 6.07) is 29.2. The Balaban J connectivity index is 0.00000115. The number of nitrogens with zero attached hydrogens (tertiary/aromatic N) is 1. The number of carbonyl (C=O) groups excluding carboxylic acids is 3. The molecule has 182 valence electrons. The Bertz CT molecular complexity index is 1320. The van der Waals surface area contributed by atoms with Gasteiger partial charge in [0.05, 0.1) is 16.7 Å². The average molecular weight is 521 g/mol. The highest BCUT2D eigenvalue weighted by Crippen LogP contribution is 2.22. The maximum absolute atomic E-state index is 12.8. The van der Waals surface area contributed by atoms with Crippen LogP contribution in [0.15, 0.2) is 103 Å². The van der Waals surface area contributed by atoms with Crippen molar-refractivity contribution in [2.75, 3.05) is 21.3 Å². The highest BCUT2D eigenvalue weighted by molar-refractivity contribution is 6.40. The lowest BCUT2D eigenvalue weighted by atomic mass is 10.2. The predicted octanol–water partition coefficient (Wildman–Crippen LogP) is 6.26. The van der Waals surface area contributed by atoms with Crippen LogP contribution in [0.2, 0.25) is 0 Å². The summed E-state index contributed by atoms with van der Waals surface area (Å²) >= 11 is 9.53. The van der Waals surface area contributed by atoms with Gasteiger partial charge in [0.2, 0.25) is 0 Å². The summed E-state index contributed by atoms with van der Waals surface area (Å²) in [6.07, 6.45) is 0. The average Bonchev–Trinajstić information content (AvgIpc) is 2.91. The van der Waals surface area contributed by atoms with Crippen molar-refractivity contribution >= 4 is 58.0 Å². The number of benzene rings is 3. The van der Waals surface area contributed by atoms with Gasteiger partial charge in [-0.3, -0.25) is 14.4 Å². The highest BCUT2D eigenvalue weighted by atomic mass is 35.5. The molecule has 0 atom stereocenters. The molecule has 0 unspecified atom stereocenters. The van der Waals surface area contributed by atoms with E-state index in [0.29, 0.717) is 22.6 Å². The first-order valence-corrected chi connectivity index (χ1v) is 11.8. The van der Waals surface area contributed by atoms with Gasteiger partial charge in [0.15, 0.2) is 0 Å². The quantitative estimate of drug-likeness (QED) is 0.261. The first kappa shape index (κ1) is 26.4. The van der Waals surface area contributed by atoms with Crippen LogP contribution in [-0.4, -0.2) is 28.0 Å². The lowest BCUT2D eigenvalue weighted by molar-refractivity contribution is 0.100. The Kier molecular flexibility index (Phi) is 10.00. The number of hydrogen-bond acceptors (Lipinski definition) is 4. The summed E-state index contributed by atoms with van der Waals surface area (Å²) < 4.78 is 0. The fraction of sp³-hybridized carbons (Fsp3) is 0.0370. The van der Waals surface area contributed by atoms with Crippen molar-refractivity contribution in [3.05, 3.63) is 120 Å². The number of carbonyl (C=O) groups is 3. The van der Waals surface area contributed by atoms with E-state index in [1.165, 1.54) is 12.1 Å². The Labute approximate surface area is 218 Å². The first-order chi connectivity index (χ1) is 17.5. The van der Waals surface area contributed by atoms with Crippen molar-refractivity contribution in [1.82, 2.24) is 4.98 Å². The molecule has 0 radical (unpaired) electrons. The largest absolute Gasteiger partial charge is 0.321 e. The molecule has 3 aromatic carbocycles. The van der Waals surface area contributed by atoms with E-state index < -0.39 is 11.8 Å². The first-order valence-electron chi connectivity index (χ1n) is 10.7. The van der Waals surface area contributed by atoms with E-state index in [1.807, 2.05) is 12.1 Å². The van der Waals surface area contributed by atoms with Crippen LogP contribution in [0, 0.1) is 0 Å². The van der Waals surface area contributed by atoms with E-state index in [0.717, 1.165) is 0 Å². The molecule has 4 rings (SSSR count). The smallest absolute Gasteiger partial charge is 0.274 e. The van der Waals surface area contributed by atoms with Gasteiger partial charge in [0.25, 0.3) is 17.7 Å². The summed E-state index contributed by atoms with van der Waals surface area (Å²) in [5, 5.41) is 8.49. The number of nitrogens with one attached hydrogen (secondary N) is 3. The molecule has 4 aromatic rings. The van der Waals surface area contributed by atoms with Gasteiger partial charge in [-0.05, 0) is 48.5 Å². The highest BCUT2D eigenvalue weighted by Gasteiger charge is 2.15. The van der Waals surface area contributed by atoms with E-state index in [9.17, 15) is 14.4 Å². The monoisotopic (exact) mass is 520 g/mol. The van der Waals surface area contributed by atoms with E-state index in [4.69, 9.17) is 23.2 Å². The van der Waals surface area contributed by atoms with Crippen LogP contribution in [0.5, 0.6) is 0 Å². The van der Waals surface area contributed by atoms with E-state index in [-0.39, 0.29) is 22.6 Å². The van der Waals surface area contributed by atoms with Crippen molar-refractivity contribution in [1.29, 1.82) is 0 Å². The Morgan fingerprint density at radius 2 is 1.00 bits per heavy atom. The summed E-state index contributed by atoms with van der Waals surface area (Å²) in [5.74, 6) is -1.23. The normalized spacial score (nSPS) is 9.83. The molecule has 0 spiro atoms. The van der Waals surface area contributed by atoms with Gasteiger partial charge in [0.1, 0.15) is 11.4 Å². The number of hydrogen-bond donors (Lipinski definition) is 3. The van der Waals surface area contributed by atoms with Crippen LogP contribution < -0.4 is 16.0 Å². The Morgan fingerprint density at radius 3 is 1.56 bits per heavy atom. The topological polar surface area (TPSA) is 100 Å². The zero-order valence-electron chi connectivity index (χ0n) is 18.9. The van der Waals surface area contributed by atoms with Crippen molar-refractivity contribution in [2.24, 2.45) is 0 Å². The van der Waals surface area contributed by atoms with E-state index in [2.05, 4.69) is 20.9 Å². The van der Waals surface area contributed by atoms with Crippen LogP contribution in [-0.2, 0) is 0 Å². The second-order valence-corrected chi connectivity index (χ2v) is 7.96. The third-order valence-corrected chi connectivity index (χ3v) is 4.71. The van der Waals surface area contributed by atoms with Crippen LogP contribution in [0.4, 0.5) is 17.1 Å². The molecule has 1 aromatic heterocycles. The molecular weight excluding hydrogens is 499 g/mol. The molecule has 0 bridgehead atoms. The third kappa shape index (κ3) is 7.66. The third-order valence-electron chi connectivity index (χ3n) is 4.71. The maximum atomic E-state index is 12.8. The second-order valence-electron chi connectivity index (χ2n) is 7.15. The van der Waals surface area contributed by atoms with Gasteiger partial charge < -0.3 is 16.0 Å². The van der Waals surface area contributed by atoms with E-state index >= 15 is 0 Å². The van der Waals surface area contributed by atoms with Gasteiger partial charge in [-0.2, -0.15) is 0 Å². The fourth-order valence-corrected chi connectivity index (χ4v) is 3.08. The molecule has 3 N–H and O–H groups in total. The predicted molar refractivity (Wildman–Crippen MR) is 144 cm³/mol. The second kappa shape index (κ2) is 13.6. The Morgan fingerprint density at radius 1 is 0.556 bits per heavy atom.